The maximum atomic E-state index is 11.6. The molecule has 0 aliphatic heterocycles. The summed E-state index contributed by atoms with van der Waals surface area (Å²) < 4.78 is 25.8. The zero-order valence-electron chi connectivity index (χ0n) is 11.9. The third kappa shape index (κ3) is 6.47. The first kappa shape index (κ1) is 15.8. The Hall–Kier alpha value is -1.23. The highest BCUT2D eigenvalue weighted by Gasteiger charge is 2.08. The van der Waals surface area contributed by atoms with Gasteiger partial charge in [-0.05, 0) is 43.0 Å². The molecule has 0 spiro atoms. The quantitative estimate of drug-likeness (QED) is 0.770. The van der Waals surface area contributed by atoms with E-state index in [4.69, 9.17) is 0 Å². The fourth-order valence-corrected chi connectivity index (χ4v) is 2.80. The first-order chi connectivity index (χ1) is 8.93. The minimum absolute atomic E-state index is 0.154. The van der Waals surface area contributed by atoms with Crippen LogP contribution in [-0.2, 0) is 10.0 Å². The smallest absolute Gasteiger partial charge is 0.232 e. The highest BCUT2D eigenvalue weighted by Crippen LogP contribution is 2.15. The molecule has 0 unspecified atom stereocenters. The molecule has 0 aliphatic carbocycles. The lowest BCUT2D eigenvalue weighted by Crippen LogP contribution is -2.16. The lowest BCUT2D eigenvalue weighted by Gasteiger charge is -2.10. The van der Waals surface area contributed by atoms with Crippen LogP contribution in [-0.4, -0.2) is 20.7 Å². The van der Waals surface area contributed by atoms with Gasteiger partial charge in [-0.15, -0.1) is 0 Å². The number of sulfonamides is 1. The molecule has 0 saturated carbocycles. The number of anilines is 2. The van der Waals surface area contributed by atoms with Crippen molar-refractivity contribution in [1.82, 2.24) is 0 Å². The van der Waals surface area contributed by atoms with Gasteiger partial charge in [-0.1, -0.05) is 20.8 Å². The normalized spacial score (nSPS) is 11.6. The van der Waals surface area contributed by atoms with Gasteiger partial charge in [0.25, 0.3) is 0 Å². The molecule has 0 aromatic heterocycles. The first-order valence-electron chi connectivity index (χ1n) is 6.77. The lowest BCUT2D eigenvalue weighted by atomic mass is 10.1. The van der Waals surface area contributed by atoms with E-state index < -0.39 is 10.0 Å². The minimum Gasteiger partial charge on any atom is -0.385 e. The lowest BCUT2D eigenvalue weighted by molar-refractivity contribution is 0.600. The Morgan fingerprint density at radius 3 is 2.21 bits per heavy atom. The molecule has 1 rings (SSSR count). The van der Waals surface area contributed by atoms with E-state index in [0.29, 0.717) is 18.0 Å². The maximum absolute atomic E-state index is 11.6. The third-order valence-corrected chi connectivity index (χ3v) is 4.17. The molecule has 0 saturated heterocycles. The van der Waals surface area contributed by atoms with E-state index in [1.165, 1.54) is 0 Å². The van der Waals surface area contributed by atoms with Crippen molar-refractivity contribution in [2.45, 2.75) is 33.6 Å². The molecule has 1 aromatic carbocycles. The summed E-state index contributed by atoms with van der Waals surface area (Å²) in [4.78, 5) is 0. The number of nitrogens with one attached hydrogen (secondary N) is 2. The molecule has 0 fully saturated rings. The first-order valence-corrected chi connectivity index (χ1v) is 8.42. The molecule has 0 heterocycles. The predicted molar refractivity (Wildman–Crippen MR) is 82.1 cm³/mol. The number of hydrogen-bond donors (Lipinski definition) is 2. The molecule has 0 amide bonds. The van der Waals surface area contributed by atoms with Gasteiger partial charge in [0, 0.05) is 17.9 Å². The topological polar surface area (TPSA) is 58.2 Å². The van der Waals surface area contributed by atoms with Crippen LogP contribution >= 0.6 is 0 Å². The summed E-state index contributed by atoms with van der Waals surface area (Å²) in [6.45, 7) is 7.15. The van der Waals surface area contributed by atoms with Crippen molar-refractivity contribution in [2.75, 3.05) is 22.3 Å². The van der Waals surface area contributed by atoms with E-state index in [9.17, 15) is 8.42 Å². The maximum Gasteiger partial charge on any atom is 0.232 e. The molecule has 0 aliphatic rings. The van der Waals surface area contributed by atoms with E-state index in [1.807, 2.05) is 19.1 Å². The Morgan fingerprint density at radius 2 is 1.68 bits per heavy atom. The Kier molecular flexibility index (Phi) is 6.15. The zero-order chi connectivity index (χ0) is 14.3. The molecular formula is C14H24N2O2S. The molecule has 0 bridgehead atoms. The van der Waals surface area contributed by atoms with E-state index >= 15 is 0 Å². The van der Waals surface area contributed by atoms with Crippen LogP contribution in [0.3, 0.4) is 0 Å². The van der Waals surface area contributed by atoms with Crippen LogP contribution in [0.25, 0.3) is 0 Å². The molecule has 2 N–H and O–H groups in total. The van der Waals surface area contributed by atoms with Crippen LogP contribution in [0.15, 0.2) is 24.3 Å². The van der Waals surface area contributed by atoms with Gasteiger partial charge in [0.05, 0.1) is 5.75 Å². The Bertz CT molecular complexity index is 467. The van der Waals surface area contributed by atoms with Gasteiger partial charge in [-0.3, -0.25) is 4.72 Å². The van der Waals surface area contributed by atoms with Gasteiger partial charge in [0.1, 0.15) is 0 Å². The SMILES string of the molecule is CCCS(=O)(=O)Nc1ccc(NCCC(C)C)cc1. The summed E-state index contributed by atoms with van der Waals surface area (Å²) >= 11 is 0. The van der Waals surface area contributed by atoms with E-state index in [2.05, 4.69) is 23.9 Å². The van der Waals surface area contributed by atoms with Crippen molar-refractivity contribution >= 4 is 21.4 Å². The van der Waals surface area contributed by atoms with Gasteiger partial charge >= 0.3 is 0 Å². The standard InChI is InChI=1S/C14H24N2O2S/c1-4-11-19(17,18)16-14-7-5-13(6-8-14)15-10-9-12(2)3/h5-8,12,15-16H,4,9-11H2,1-3H3. The fourth-order valence-electron chi connectivity index (χ4n) is 1.66. The molecule has 4 nitrogen and oxygen atoms in total. The van der Waals surface area contributed by atoms with Crippen LogP contribution in [0.4, 0.5) is 11.4 Å². The summed E-state index contributed by atoms with van der Waals surface area (Å²) in [5.41, 5.74) is 1.63. The predicted octanol–water partition coefficient (Wildman–Crippen LogP) is 3.30. The van der Waals surface area contributed by atoms with Crippen molar-refractivity contribution in [3.8, 4) is 0 Å². The van der Waals surface area contributed by atoms with Crippen LogP contribution in [0, 0.1) is 5.92 Å². The summed E-state index contributed by atoms with van der Waals surface area (Å²) in [5, 5.41) is 3.31. The average Bonchev–Trinajstić information content (AvgIpc) is 2.30. The van der Waals surface area contributed by atoms with Crippen molar-refractivity contribution in [3.05, 3.63) is 24.3 Å². The number of rotatable bonds is 8. The van der Waals surface area contributed by atoms with Gasteiger partial charge in [0.2, 0.25) is 10.0 Å². The second kappa shape index (κ2) is 7.38. The Morgan fingerprint density at radius 1 is 1.11 bits per heavy atom. The minimum atomic E-state index is -3.20. The van der Waals surface area contributed by atoms with Crippen molar-refractivity contribution in [3.63, 3.8) is 0 Å². The molecule has 0 atom stereocenters. The highest BCUT2D eigenvalue weighted by molar-refractivity contribution is 7.92. The number of benzene rings is 1. The van der Waals surface area contributed by atoms with E-state index in [-0.39, 0.29) is 5.75 Å². The molecule has 0 radical (unpaired) electrons. The van der Waals surface area contributed by atoms with Crippen molar-refractivity contribution < 1.29 is 8.42 Å². The summed E-state index contributed by atoms with van der Waals surface area (Å²) in [6.07, 6.45) is 1.73. The van der Waals surface area contributed by atoms with E-state index in [1.54, 1.807) is 12.1 Å². The van der Waals surface area contributed by atoms with Crippen molar-refractivity contribution in [2.24, 2.45) is 5.92 Å². The van der Waals surface area contributed by atoms with Gasteiger partial charge in [-0.2, -0.15) is 0 Å². The van der Waals surface area contributed by atoms with Gasteiger partial charge in [-0.25, -0.2) is 8.42 Å². The van der Waals surface area contributed by atoms with Crippen LogP contribution in [0.1, 0.15) is 33.6 Å². The Labute approximate surface area is 116 Å². The monoisotopic (exact) mass is 284 g/mol. The second-order valence-corrected chi connectivity index (χ2v) is 6.95. The second-order valence-electron chi connectivity index (χ2n) is 5.11. The van der Waals surface area contributed by atoms with Crippen LogP contribution in [0.2, 0.25) is 0 Å². The fraction of sp³-hybridized carbons (Fsp3) is 0.571. The molecule has 108 valence electrons. The third-order valence-electron chi connectivity index (χ3n) is 2.68. The average molecular weight is 284 g/mol. The largest absolute Gasteiger partial charge is 0.385 e. The van der Waals surface area contributed by atoms with Gasteiger partial charge < -0.3 is 5.32 Å². The Balaban J connectivity index is 2.52. The van der Waals surface area contributed by atoms with Gasteiger partial charge in [0.15, 0.2) is 0 Å². The van der Waals surface area contributed by atoms with Crippen molar-refractivity contribution in [1.29, 1.82) is 0 Å². The summed E-state index contributed by atoms with van der Waals surface area (Å²) in [5.74, 6) is 0.828. The molecule has 19 heavy (non-hydrogen) atoms. The van der Waals surface area contributed by atoms with Crippen LogP contribution in [0.5, 0.6) is 0 Å². The summed E-state index contributed by atoms with van der Waals surface area (Å²) in [6, 6.07) is 7.35. The van der Waals surface area contributed by atoms with E-state index in [0.717, 1.165) is 18.7 Å². The van der Waals surface area contributed by atoms with Crippen LogP contribution < -0.4 is 10.0 Å². The molecule has 1 aromatic rings. The molecule has 5 heteroatoms. The highest BCUT2D eigenvalue weighted by atomic mass is 32.2. The summed E-state index contributed by atoms with van der Waals surface area (Å²) in [7, 11) is -3.20. The zero-order valence-corrected chi connectivity index (χ0v) is 12.8. The number of hydrogen-bond acceptors (Lipinski definition) is 3. The molecular weight excluding hydrogens is 260 g/mol.